The lowest BCUT2D eigenvalue weighted by atomic mass is 10.1. The Balaban J connectivity index is 2.71. The first-order chi connectivity index (χ1) is 8.98. The van der Waals surface area contributed by atoms with Crippen molar-refractivity contribution in [2.75, 3.05) is 6.54 Å². The zero-order chi connectivity index (χ0) is 14.0. The average molecular weight is 279 g/mol. The predicted octanol–water partition coefficient (Wildman–Crippen LogP) is 1.03. The van der Waals surface area contributed by atoms with Crippen molar-refractivity contribution in [1.29, 1.82) is 0 Å². The van der Waals surface area contributed by atoms with Crippen LogP contribution in [0.2, 0.25) is 0 Å². The van der Waals surface area contributed by atoms with Gasteiger partial charge >= 0.3 is 5.97 Å². The maximum absolute atomic E-state index is 12.4. The third kappa shape index (κ3) is 2.32. The van der Waals surface area contributed by atoms with Crippen LogP contribution in [0.1, 0.15) is 0 Å². The molecule has 0 aliphatic carbocycles. The number of sulfone groups is 1. The summed E-state index contributed by atoms with van der Waals surface area (Å²) in [5.41, 5.74) is 5.28. The van der Waals surface area contributed by atoms with Crippen molar-refractivity contribution in [2.45, 2.75) is 10.1 Å². The smallest absolute Gasteiger partial charge is 0.323 e. The molecular formula is C13H13NO4S. The molecule has 0 radical (unpaired) electrons. The Kier molecular flexibility index (Phi) is 3.55. The van der Waals surface area contributed by atoms with E-state index >= 15 is 0 Å². The highest BCUT2D eigenvalue weighted by atomic mass is 32.2. The second-order valence-electron chi connectivity index (χ2n) is 4.08. The molecule has 0 aliphatic rings. The maximum atomic E-state index is 12.4. The van der Waals surface area contributed by atoms with Crippen molar-refractivity contribution in [3.05, 3.63) is 42.5 Å². The fraction of sp³-hybridized carbons (Fsp3) is 0.154. The summed E-state index contributed by atoms with van der Waals surface area (Å²) in [5, 5.41) is 8.60. The molecule has 0 bridgehead atoms. The monoisotopic (exact) mass is 279 g/mol. The van der Waals surface area contributed by atoms with E-state index in [0.717, 1.165) is 5.39 Å². The first-order valence-corrected chi connectivity index (χ1v) is 7.17. The minimum Gasteiger partial charge on any atom is -0.480 e. The summed E-state index contributed by atoms with van der Waals surface area (Å²) in [7, 11) is -4.00. The molecule has 0 unspecified atom stereocenters. The summed E-state index contributed by atoms with van der Waals surface area (Å²) < 4.78 is 24.7. The molecular weight excluding hydrogens is 266 g/mol. The van der Waals surface area contributed by atoms with E-state index in [1.807, 2.05) is 0 Å². The third-order valence-corrected chi connectivity index (χ3v) is 5.03. The zero-order valence-corrected chi connectivity index (χ0v) is 10.8. The van der Waals surface area contributed by atoms with Crippen LogP contribution in [0.4, 0.5) is 0 Å². The second kappa shape index (κ2) is 4.99. The van der Waals surface area contributed by atoms with E-state index in [-0.39, 0.29) is 4.90 Å². The molecule has 19 heavy (non-hydrogen) atoms. The Bertz CT molecular complexity index is 719. The highest BCUT2D eigenvalue weighted by Crippen LogP contribution is 2.25. The number of nitrogens with two attached hydrogens (primary N) is 1. The molecule has 2 aromatic carbocycles. The SMILES string of the molecule is NC[C@@H](C(=O)O)S(=O)(=O)c1cccc2ccccc12. The maximum Gasteiger partial charge on any atom is 0.323 e. The van der Waals surface area contributed by atoms with Crippen LogP contribution in [0, 0.1) is 0 Å². The Morgan fingerprint density at radius 1 is 1.16 bits per heavy atom. The number of carboxylic acid groups (broad SMARTS) is 1. The van der Waals surface area contributed by atoms with Crippen molar-refractivity contribution in [3.63, 3.8) is 0 Å². The molecule has 0 saturated carbocycles. The third-order valence-electron chi connectivity index (χ3n) is 2.92. The number of carbonyl (C=O) groups is 1. The number of carboxylic acids is 1. The van der Waals surface area contributed by atoms with E-state index in [9.17, 15) is 13.2 Å². The van der Waals surface area contributed by atoms with Crippen molar-refractivity contribution >= 4 is 26.6 Å². The lowest BCUT2D eigenvalue weighted by molar-refractivity contribution is -0.136. The number of aliphatic carboxylic acids is 1. The number of hydrogen-bond donors (Lipinski definition) is 2. The Morgan fingerprint density at radius 2 is 1.79 bits per heavy atom. The van der Waals surface area contributed by atoms with E-state index in [2.05, 4.69) is 0 Å². The number of benzene rings is 2. The minimum atomic E-state index is -4.00. The van der Waals surface area contributed by atoms with E-state index < -0.39 is 27.6 Å². The normalized spacial score (nSPS) is 13.3. The number of hydrogen-bond acceptors (Lipinski definition) is 4. The van der Waals surface area contributed by atoms with Gasteiger partial charge in [-0.05, 0) is 11.5 Å². The topological polar surface area (TPSA) is 97.5 Å². The Morgan fingerprint density at radius 3 is 2.42 bits per heavy atom. The van der Waals surface area contributed by atoms with Crippen LogP contribution in [-0.2, 0) is 14.6 Å². The van der Waals surface area contributed by atoms with Gasteiger partial charge in [-0.25, -0.2) is 8.42 Å². The molecule has 2 aromatic rings. The molecule has 5 nitrogen and oxygen atoms in total. The van der Waals surface area contributed by atoms with Crippen LogP contribution < -0.4 is 5.73 Å². The van der Waals surface area contributed by atoms with Gasteiger partial charge in [-0.15, -0.1) is 0 Å². The van der Waals surface area contributed by atoms with Gasteiger partial charge in [0.25, 0.3) is 0 Å². The summed E-state index contributed by atoms with van der Waals surface area (Å²) in [6.45, 7) is -0.457. The van der Waals surface area contributed by atoms with Crippen LogP contribution in [0.15, 0.2) is 47.4 Å². The Labute approximate surface area is 110 Å². The lowest BCUT2D eigenvalue weighted by Gasteiger charge is -2.13. The van der Waals surface area contributed by atoms with Gasteiger partial charge in [-0.3, -0.25) is 4.79 Å². The molecule has 0 aromatic heterocycles. The average Bonchev–Trinajstić information content (AvgIpc) is 2.38. The zero-order valence-electron chi connectivity index (χ0n) is 9.98. The van der Waals surface area contributed by atoms with Crippen LogP contribution in [0.5, 0.6) is 0 Å². The Hall–Kier alpha value is -1.92. The van der Waals surface area contributed by atoms with Gasteiger partial charge in [-0.1, -0.05) is 36.4 Å². The summed E-state index contributed by atoms with van der Waals surface area (Å²) in [6.07, 6.45) is 0. The molecule has 2 rings (SSSR count). The summed E-state index contributed by atoms with van der Waals surface area (Å²) in [6, 6.07) is 11.7. The van der Waals surface area contributed by atoms with E-state index in [1.54, 1.807) is 36.4 Å². The fourth-order valence-corrected chi connectivity index (χ4v) is 3.54. The molecule has 3 N–H and O–H groups in total. The number of fused-ring (bicyclic) bond motifs is 1. The molecule has 100 valence electrons. The highest BCUT2D eigenvalue weighted by Gasteiger charge is 2.33. The molecule has 1 atom stereocenters. The fourth-order valence-electron chi connectivity index (χ4n) is 1.96. The van der Waals surface area contributed by atoms with Crippen molar-refractivity contribution in [3.8, 4) is 0 Å². The van der Waals surface area contributed by atoms with Crippen molar-refractivity contribution < 1.29 is 18.3 Å². The highest BCUT2D eigenvalue weighted by molar-refractivity contribution is 7.93. The van der Waals surface area contributed by atoms with Crippen molar-refractivity contribution in [1.82, 2.24) is 0 Å². The van der Waals surface area contributed by atoms with E-state index in [1.165, 1.54) is 6.07 Å². The van der Waals surface area contributed by atoms with Gasteiger partial charge in [-0.2, -0.15) is 0 Å². The molecule has 0 fully saturated rings. The molecule has 0 aliphatic heterocycles. The molecule has 0 saturated heterocycles. The predicted molar refractivity (Wildman–Crippen MR) is 71.6 cm³/mol. The molecule has 0 heterocycles. The van der Waals surface area contributed by atoms with E-state index in [0.29, 0.717) is 5.39 Å². The number of rotatable bonds is 4. The van der Waals surface area contributed by atoms with Crippen LogP contribution in [0.25, 0.3) is 10.8 Å². The quantitative estimate of drug-likeness (QED) is 0.871. The van der Waals surface area contributed by atoms with Gasteiger partial charge in [0.2, 0.25) is 0 Å². The van der Waals surface area contributed by atoms with Gasteiger partial charge < -0.3 is 10.8 Å². The van der Waals surface area contributed by atoms with Crippen LogP contribution >= 0.6 is 0 Å². The second-order valence-corrected chi connectivity index (χ2v) is 6.18. The summed E-state index contributed by atoms with van der Waals surface area (Å²) in [4.78, 5) is 11.0. The summed E-state index contributed by atoms with van der Waals surface area (Å²) in [5.74, 6) is -1.43. The standard InChI is InChI=1S/C13H13NO4S/c14-8-12(13(15)16)19(17,18)11-7-3-5-9-4-1-2-6-10(9)11/h1-7,12H,8,14H2,(H,15,16)/t12-/m0/s1. The van der Waals surface area contributed by atoms with Crippen LogP contribution in [0.3, 0.4) is 0 Å². The molecule has 0 spiro atoms. The van der Waals surface area contributed by atoms with Gasteiger partial charge in [0.05, 0.1) is 4.90 Å². The van der Waals surface area contributed by atoms with Gasteiger partial charge in [0, 0.05) is 11.9 Å². The molecule has 6 heteroatoms. The van der Waals surface area contributed by atoms with E-state index in [4.69, 9.17) is 10.8 Å². The van der Waals surface area contributed by atoms with Crippen molar-refractivity contribution in [2.24, 2.45) is 5.73 Å². The van der Waals surface area contributed by atoms with Gasteiger partial charge in [0.15, 0.2) is 15.1 Å². The minimum absolute atomic E-state index is 0.00319. The first kappa shape index (κ1) is 13.5. The van der Waals surface area contributed by atoms with Gasteiger partial charge in [0.1, 0.15) is 0 Å². The molecule has 0 amide bonds. The lowest BCUT2D eigenvalue weighted by Crippen LogP contribution is -2.37. The summed E-state index contributed by atoms with van der Waals surface area (Å²) >= 11 is 0. The van der Waals surface area contributed by atoms with Crippen LogP contribution in [-0.4, -0.2) is 31.3 Å². The first-order valence-electron chi connectivity index (χ1n) is 5.63. The largest absolute Gasteiger partial charge is 0.480 e.